The van der Waals surface area contributed by atoms with Crippen molar-refractivity contribution in [3.05, 3.63) is 101 Å². The van der Waals surface area contributed by atoms with Crippen LogP contribution in [0.2, 0.25) is 5.02 Å². The number of esters is 1. The van der Waals surface area contributed by atoms with Crippen molar-refractivity contribution in [2.75, 3.05) is 6.61 Å². The molecule has 0 aliphatic heterocycles. The van der Waals surface area contributed by atoms with Crippen molar-refractivity contribution < 1.29 is 18.7 Å². The molecule has 0 unspecified atom stereocenters. The number of rotatable bonds is 5. The Balaban J connectivity index is 1.65. The number of para-hydroxylation sites is 1. The van der Waals surface area contributed by atoms with Crippen LogP contribution in [0, 0.1) is 5.82 Å². The second kappa shape index (κ2) is 8.43. The van der Waals surface area contributed by atoms with E-state index in [0.29, 0.717) is 27.2 Å². The van der Waals surface area contributed by atoms with Crippen LogP contribution in [0.25, 0.3) is 22.2 Å². The van der Waals surface area contributed by atoms with Crippen LogP contribution in [0.3, 0.4) is 0 Å². The van der Waals surface area contributed by atoms with Gasteiger partial charge in [0.2, 0.25) is 0 Å². The number of pyridine rings is 1. The maximum absolute atomic E-state index is 13.0. The fourth-order valence-corrected chi connectivity index (χ4v) is 3.31. The lowest BCUT2D eigenvalue weighted by atomic mass is 10.0. The number of ether oxygens (including phenoxy) is 1. The van der Waals surface area contributed by atoms with Gasteiger partial charge in [-0.05, 0) is 42.5 Å². The summed E-state index contributed by atoms with van der Waals surface area (Å²) in [4.78, 5) is 29.7. The Labute approximate surface area is 176 Å². The van der Waals surface area contributed by atoms with Crippen LogP contribution in [0.4, 0.5) is 4.39 Å². The standard InChI is InChI=1S/C24H15ClFNO3/c25-20-7-3-1-6-18(20)22-13-19(17-5-2-4-8-21(17)27-22)24(29)30-14-23(28)15-9-11-16(26)12-10-15/h1-13H,14H2. The number of hydrogen-bond acceptors (Lipinski definition) is 4. The highest BCUT2D eigenvalue weighted by Gasteiger charge is 2.18. The van der Waals surface area contributed by atoms with Gasteiger partial charge in [-0.3, -0.25) is 4.79 Å². The van der Waals surface area contributed by atoms with Gasteiger partial charge in [0.25, 0.3) is 0 Å². The Hall–Kier alpha value is -3.57. The largest absolute Gasteiger partial charge is 0.454 e. The molecule has 0 bridgehead atoms. The molecule has 6 heteroatoms. The van der Waals surface area contributed by atoms with Gasteiger partial charge in [-0.25, -0.2) is 14.2 Å². The first-order chi connectivity index (χ1) is 14.5. The van der Waals surface area contributed by atoms with E-state index in [2.05, 4.69) is 4.98 Å². The summed E-state index contributed by atoms with van der Waals surface area (Å²) in [6.07, 6.45) is 0. The Morgan fingerprint density at radius 1 is 0.933 bits per heavy atom. The summed E-state index contributed by atoms with van der Waals surface area (Å²) in [6.45, 7) is -0.456. The van der Waals surface area contributed by atoms with Gasteiger partial charge in [0.1, 0.15) is 5.82 Å². The van der Waals surface area contributed by atoms with E-state index in [4.69, 9.17) is 16.3 Å². The zero-order valence-electron chi connectivity index (χ0n) is 15.6. The van der Waals surface area contributed by atoms with E-state index in [0.717, 1.165) is 0 Å². The van der Waals surface area contributed by atoms with Gasteiger partial charge < -0.3 is 4.74 Å². The quantitative estimate of drug-likeness (QED) is 0.306. The van der Waals surface area contributed by atoms with Crippen molar-refractivity contribution in [3.8, 4) is 11.3 Å². The lowest BCUT2D eigenvalue weighted by Crippen LogP contribution is -2.15. The van der Waals surface area contributed by atoms with Crippen molar-refractivity contribution in [1.82, 2.24) is 4.98 Å². The number of Topliss-reactive ketones (excluding diaryl/α,β-unsaturated/α-hetero) is 1. The molecule has 4 nitrogen and oxygen atoms in total. The van der Waals surface area contributed by atoms with Crippen molar-refractivity contribution in [1.29, 1.82) is 0 Å². The maximum atomic E-state index is 13.0. The predicted octanol–water partition coefficient (Wildman–Crippen LogP) is 5.73. The molecule has 148 valence electrons. The molecule has 0 N–H and O–H groups in total. The van der Waals surface area contributed by atoms with E-state index in [1.165, 1.54) is 24.3 Å². The summed E-state index contributed by atoms with van der Waals surface area (Å²) in [5, 5.41) is 1.11. The smallest absolute Gasteiger partial charge is 0.339 e. The van der Waals surface area contributed by atoms with Gasteiger partial charge in [0.05, 0.1) is 16.8 Å². The lowest BCUT2D eigenvalue weighted by Gasteiger charge is -2.11. The number of carbonyl (C=O) groups is 2. The third kappa shape index (κ3) is 4.07. The summed E-state index contributed by atoms with van der Waals surface area (Å²) in [5.41, 5.74) is 2.35. The van der Waals surface area contributed by atoms with Crippen LogP contribution >= 0.6 is 11.6 Å². The number of ketones is 1. The molecule has 0 fully saturated rings. The average Bonchev–Trinajstić information content (AvgIpc) is 2.77. The first-order valence-electron chi connectivity index (χ1n) is 9.13. The number of hydrogen-bond donors (Lipinski definition) is 0. The first kappa shape index (κ1) is 19.7. The van der Waals surface area contributed by atoms with E-state index in [1.54, 1.807) is 30.3 Å². The number of carbonyl (C=O) groups excluding carboxylic acids is 2. The minimum absolute atomic E-state index is 0.264. The number of fused-ring (bicyclic) bond motifs is 1. The van der Waals surface area contributed by atoms with Gasteiger partial charge in [-0.1, -0.05) is 48.0 Å². The van der Waals surface area contributed by atoms with E-state index >= 15 is 0 Å². The van der Waals surface area contributed by atoms with Crippen LogP contribution in [0.15, 0.2) is 78.9 Å². The van der Waals surface area contributed by atoms with E-state index in [1.807, 2.05) is 24.3 Å². The van der Waals surface area contributed by atoms with Crippen LogP contribution in [0.1, 0.15) is 20.7 Å². The highest BCUT2D eigenvalue weighted by molar-refractivity contribution is 6.33. The summed E-state index contributed by atoms with van der Waals surface area (Å²) in [7, 11) is 0. The second-order valence-corrected chi connectivity index (χ2v) is 6.97. The topological polar surface area (TPSA) is 56.3 Å². The van der Waals surface area contributed by atoms with Gasteiger partial charge >= 0.3 is 5.97 Å². The van der Waals surface area contributed by atoms with Gasteiger partial charge in [0, 0.05) is 21.5 Å². The Morgan fingerprint density at radius 3 is 2.40 bits per heavy atom. The summed E-state index contributed by atoms with van der Waals surface area (Å²) in [6, 6.07) is 21.0. The highest BCUT2D eigenvalue weighted by atomic mass is 35.5. The van der Waals surface area contributed by atoms with Crippen molar-refractivity contribution in [2.24, 2.45) is 0 Å². The average molecular weight is 420 g/mol. The van der Waals surface area contributed by atoms with Crippen molar-refractivity contribution in [2.45, 2.75) is 0 Å². The molecule has 0 spiro atoms. The molecule has 0 radical (unpaired) electrons. The molecule has 1 heterocycles. The molecular formula is C24H15ClFNO3. The van der Waals surface area contributed by atoms with E-state index < -0.39 is 24.2 Å². The molecule has 4 aromatic rings. The molecule has 4 rings (SSSR count). The predicted molar refractivity (Wildman–Crippen MR) is 113 cm³/mol. The molecular weight excluding hydrogens is 405 g/mol. The third-order valence-electron chi connectivity index (χ3n) is 4.59. The number of nitrogens with zero attached hydrogens (tertiary/aromatic N) is 1. The van der Waals surface area contributed by atoms with Crippen molar-refractivity contribution >= 4 is 34.3 Å². The van der Waals surface area contributed by atoms with Crippen LogP contribution in [0.5, 0.6) is 0 Å². The Bertz CT molecular complexity index is 1260. The molecule has 30 heavy (non-hydrogen) atoms. The van der Waals surface area contributed by atoms with Crippen molar-refractivity contribution in [3.63, 3.8) is 0 Å². The molecule has 3 aromatic carbocycles. The van der Waals surface area contributed by atoms with Crippen LogP contribution in [-0.4, -0.2) is 23.3 Å². The number of halogens is 2. The van der Waals surface area contributed by atoms with Gasteiger partial charge in [-0.2, -0.15) is 0 Å². The molecule has 0 aliphatic carbocycles. The fraction of sp³-hybridized carbons (Fsp3) is 0.0417. The van der Waals surface area contributed by atoms with Crippen LogP contribution < -0.4 is 0 Å². The fourth-order valence-electron chi connectivity index (χ4n) is 3.08. The van der Waals surface area contributed by atoms with E-state index in [9.17, 15) is 14.0 Å². The van der Waals surface area contributed by atoms with Gasteiger partial charge in [0.15, 0.2) is 12.4 Å². The number of aromatic nitrogens is 1. The normalized spacial score (nSPS) is 10.7. The minimum atomic E-state index is -0.655. The zero-order chi connectivity index (χ0) is 21.1. The first-order valence-corrected chi connectivity index (χ1v) is 9.51. The monoisotopic (exact) mass is 419 g/mol. The Kier molecular flexibility index (Phi) is 5.55. The third-order valence-corrected chi connectivity index (χ3v) is 4.92. The molecule has 0 amide bonds. The van der Waals surface area contributed by atoms with E-state index in [-0.39, 0.29) is 11.1 Å². The molecule has 0 aliphatic rings. The zero-order valence-corrected chi connectivity index (χ0v) is 16.4. The lowest BCUT2D eigenvalue weighted by molar-refractivity contribution is 0.0476. The maximum Gasteiger partial charge on any atom is 0.339 e. The molecule has 1 aromatic heterocycles. The molecule has 0 atom stereocenters. The summed E-state index contributed by atoms with van der Waals surface area (Å²) < 4.78 is 18.3. The molecule has 0 saturated heterocycles. The minimum Gasteiger partial charge on any atom is -0.454 e. The Morgan fingerprint density at radius 2 is 1.63 bits per heavy atom. The molecule has 0 saturated carbocycles. The SMILES string of the molecule is O=C(COC(=O)c1cc(-c2ccccc2Cl)nc2ccccc12)c1ccc(F)cc1. The second-order valence-electron chi connectivity index (χ2n) is 6.56. The summed E-state index contributed by atoms with van der Waals surface area (Å²) in [5.74, 6) is -1.52. The number of benzene rings is 3. The summed E-state index contributed by atoms with van der Waals surface area (Å²) >= 11 is 6.30. The van der Waals surface area contributed by atoms with Gasteiger partial charge in [-0.15, -0.1) is 0 Å². The van der Waals surface area contributed by atoms with Crippen LogP contribution in [-0.2, 0) is 4.74 Å². The highest BCUT2D eigenvalue weighted by Crippen LogP contribution is 2.30.